The zero-order chi connectivity index (χ0) is 10.3. The molecule has 1 atom stereocenters. The molecule has 0 rings (SSSR count). The maximum absolute atomic E-state index is 9.62. The molecule has 2 nitrogen and oxygen atoms in total. The fourth-order valence-electron chi connectivity index (χ4n) is 0.553. The van der Waals surface area contributed by atoms with Gasteiger partial charge in [-0.05, 0) is 25.2 Å². The van der Waals surface area contributed by atoms with Gasteiger partial charge in [0, 0.05) is 5.75 Å². The molecule has 1 N–H and O–H groups in total. The molecule has 0 spiro atoms. The minimum absolute atomic E-state index is 0.563. The average molecular weight is 240 g/mol. The van der Waals surface area contributed by atoms with Crippen LogP contribution in [0.1, 0.15) is 26.7 Å². The van der Waals surface area contributed by atoms with Gasteiger partial charge in [-0.3, -0.25) is 0 Å². The van der Waals surface area contributed by atoms with Crippen molar-refractivity contribution >= 4 is 28.9 Å². The standard InChI is InChI=1S/C8H17O2PS2/c1-4-5-6-10-11(9,12)13-7-8(2)3/h2,4-7H2,1,3H3,(H,9,12). The van der Waals surface area contributed by atoms with Gasteiger partial charge in [0.15, 0.2) is 0 Å². The largest absolute Gasteiger partial charge is 0.337 e. The van der Waals surface area contributed by atoms with Gasteiger partial charge < -0.3 is 9.42 Å². The van der Waals surface area contributed by atoms with Gasteiger partial charge in [0.25, 0.3) is 0 Å². The molecule has 1 unspecified atom stereocenters. The maximum atomic E-state index is 9.62. The van der Waals surface area contributed by atoms with Gasteiger partial charge in [-0.1, -0.05) is 36.9 Å². The highest BCUT2D eigenvalue weighted by atomic mass is 32.9. The molecule has 13 heavy (non-hydrogen) atoms. The van der Waals surface area contributed by atoms with E-state index in [2.05, 4.69) is 13.5 Å². The summed E-state index contributed by atoms with van der Waals surface area (Å²) in [6.07, 6.45) is 2.01. The Bertz CT molecular complexity index is 206. The normalized spacial score (nSPS) is 15.3. The van der Waals surface area contributed by atoms with E-state index in [9.17, 15) is 4.89 Å². The summed E-state index contributed by atoms with van der Waals surface area (Å²) in [7, 11) is 0. The number of hydrogen-bond donors (Lipinski definition) is 1. The lowest BCUT2D eigenvalue weighted by molar-refractivity contribution is 0.312. The Morgan fingerprint density at radius 2 is 2.31 bits per heavy atom. The smallest absolute Gasteiger partial charge is 0.245 e. The summed E-state index contributed by atoms with van der Waals surface area (Å²) >= 11 is 6.24. The average Bonchev–Trinajstić information content (AvgIpc) is 2.02. The van der Waals surface area contributed by atoms with Gasteiger partial charge in [-0.15, -0.1) is 0 Å². The van der Waals surface area contributed by atoms with Crippen LogP contribution in [0.4, 0.5) is 0 Å². The third-order valence-electron chi connectivity index (χ3n) is 1.23. The van der Waals surface area contributed by atoms with E-state index in [1.54, 1.807) is 0 Å². The molecule has 0 aliphatic carbocycles. The van der Waals surface area contributed by atoms with E-state index in [0.29, 0.717) is 12.4 Å². The van der Waals surface area contributed by atoms with Crippen LogP contribution < -0.4 is 0 Å². The predicted octanol–water partition coefficient (Wildman–Crippen LogP) is 3.33. The van der Waals surface area contributed by atoms with Gasteiger partial charge >= 0.3 is 0 Å². The number of unbranched alkanes of at least 4 members (excludes halogenated alkanes) is 1. The van der Waals surface area contributed by atoms with Crippen LogP contribution >= 0.6 is 17.1 Å². The topological polar surface area (TPSA) is 29.5 Å². The first-order chi connectivity index (χ1) is 5.98. The Labute approximate surface area is 89.7 Å². The van der Waals surface area contributed by atoms with Crippen molar-refractivity contribution in [2.45, 2.75) is 26.7 Å². The molecule has 0 radical (unpaired) electrons. The van der Waals surface area contributed by atoms with Gasteiger partial charge in [-0.2, -0.15) is 0 Å². The second-order valence-corrected chi connectivity index (χ2v) is 9.07. The van der Waals surface area contributed by atoms with E-state index in [4.69, 9.17) is 16.3 Å². The fourth-order valence-corrected chi connectivity index (χ4v) is 3.67. The predicted molar refractivity (Wildman–Crippen MR) is 64.6 cm³/mol. The zero-order valence-corrected chi connectivity index (χ0v) is 10.7. The molecule has 0 fully saturated rings. The Kier molecular flexibility index (Phi) is 7.37. The van der Waals surface area contributed by atoms with Crippen LogP contribution in [0.3, 0.4) is 0 Å². The van der Waals surface area contributed by atoms with Crippen molar-refractivity contribution in [2.75, 3.05) is 12.4 Å². The quantitative estimate of drug-likeness (QED) is 0.420. The van der Waals surface area contributed by atoms with Crippen LogP contribution in [0.2, 0.25) is 0 Å². The summed E-state index contributed by atoms with van der Waals surface area (Å²) in [6.45, 7) is 8.29. The zero-order valence-electron chi connectivity index (χ0n) is 8.15. The van der Waals surface area contributed by atoms with Gasteiger partial charge in [-0.25, -0.2) is 0 Å². The van der Waals surface area contributed by atoms with E-state index < -0.39 is 5.69 Å². The third-order valence-corrected chi connectivity index (χ3v) is 5.63. The van der Waals surface area contributed by atoms with Crippen molar-refractivity contribution in [3.05, 3.63) is 12.2 Å². The van der Waals surface area contributed by atoms with E-state index in [0.717, 1.165) is 18.4 Å². The van der Waals surface area contributed by atoms with E-state index in [1.807, 2.05) is 6.92 Å². The summed E-state index contributed by atoms with van der Waals surface area (Å²) in [5.41, 5.74) is -1.58. The molecule has 0 saturated heterocycles. The second-order valence-electron chi connectivity index (χ2n) is 2.89. The molecular formula is C8H17O2PS2. The fraction of sp³-hybridized carbons (Fsp3) is 0.750. The lowest BCUT2D eigenvalue weighted by Crippen LogP contribution is -1.90. The Balaban J connectivity index is 3.67. The lowest BCUT2D eigenvalue weighted by Gasteiger charge is -2.14. The van der Waals surface area contributed by atoms with Crippen LogP contribution in [0, 0.1) is 0 Å². The van der Waals surface area contributed by atoms with E-state index in [1.165, 1.54) is 11.4 Å². The molecule has 0 amide bonds. The SMILES string of the molecule is C=C(C)CSP(O)(=S)OCCCC. The third kappa shape index (κ3) is 8.98. The highest BCUT2D eigenvalue weighted by molar-refractivity contribution is 8.67. The second kappa shape index (κ2) is 7.02. The van der Waals surface area contributed by atoms with Crippen molar-refractivity contribution in [1.82, 2.24) is 0 Å². The minimum Gasteiger partial charge on any atom is -0.337 e. The summed E-state index contributed by atoms with van der Waals surface area (Å²) in [5.74, 6) is 0.680. The first-order valence-corrected chi connectivity index (χ1v) is 8.50. The molecule has 0 bridgehead atoms. The molecular weight excluding hydrogens is 223 g/mol. The summed E-state index contributed by atoms with van der Waals surface area (Å²) in [6, 6.07) is 0. The summed E-state index contributed by atoms with van der Waals surface area (Å²) < 4.78 is 5.22. The van der Waals surface area contributed by atoms with Crippen molar-refractivity contribution in [1.29, 1.82) is 0 Å². The highest BCUT2D eigenvalue weighted by Crippen LogP contribution is 2.56. The minimum atomic E-state index is -2.59. The molecule has 5 heteroatoms. The Morgan fingerprint density at radius 1 is 1.69 bits per heavy atom. The summed E-state index contributed by atoms with van der Waals surface area (Å²) in [5, 5.41) is 0. The van der Waals surface area contributed by atoms with Gasteiger partial charge in [0.05, 0.1) is 6.61 Å². The van der Waals surface area contributed by atoms with Crippen molar-refractivity contribution < 1.29 is 9.42 Å². The van der Waals surface area contributed by atoms with Crippen LogP contribution in [-0.4, -0.2) is 17.3 Å². The summed E-state index contributed by atoms with van der Waals surface area (Å²) in [4.78, 5) is 9.62. The Hall–Kier alpha value is 0.660. The monoisotopic (exact) mass is 240 g/mol. The number of rotatable bonds is 7. The number of hydrogen-bond acceptors (Lipinski definition) is 3. The van der Waals surface area contributed by atoms with Crippen LogP contribution in [0.25, 0.3) is 0 Å². The van der Waals surface area contributed by atoms with Crippen molar-refractivity contribution in [2.24, 2.45) is 0 Å². The molecule has 0 aromatic heterocycles. The molecule has 0 heterocycles. The van der Waals surface area contributed by atoms with Gasteiger partial charge in [0.1, 0.15) is 0 Å². The lowest BCUT2D eigenvalue weighted by atomic mass is 10.4. The highest BCUT2D eigenvalue weighted by Gasteiger charge is 2.13. The van der Waals surface area contributed by atoms with E-state index >= 15 is 0 Å². The maximum Gasteiger partial charge on any atom is 0.245 e. The molecule has 0 aromatic carbocycles. The van der Waals surface area contributed by atoms with Crippen LogP contribution in [0.5, 0.6) is 0 Å². The van der Waals surface area contributed by atoms with Crippen molar-refractivity contribution in [3.8, 4) is 0 Å². The van der Waals surface area contributed by atoms with E-state index in [-0.39, 0.29) is 0 Å². The first kappa shape index (κ1) is 13.7. The molecule has 0 saturated carbocycles. The first-order valence-electron chi connectivity index (χ1n) is 4.24. The van der Waals surface area contributed by atoms with Crippen molar-refractivity contribution in [3.63, 3.8) is 0 Å². The van der Waals surface area contributed by atoms with Gasteiger partial charge in [0.2, 0.25) is 5.69 Å². The molecule has 0 aromatic rings. The van der Waals surface area contributed by atoms with Crippen LogP contribution in [0.15, 0.2) is 12.2 Å². The Morgan fingerprint density at radius 3 is 2.77 bits per heavy atom. The molecule has 78 valence electrons. The van der Waals surface area contributed by atoms with Crippen LogP contribution in [-0.2, 0) is 16.3 Å². The molecule has 0 aliphatic rings. The molecule has 0 aliphatic heterocycles.